The number of imidazole rings is 1. The van der Waals surface area contributed by atoms with E-state index >= 15 is 0 Å². The van der Waals surface area contributed by atoms with Crippen molar-refractivity contribution in [1.29, 1.82) is 0 Å². The highest BCUT2D eigenvalue weighted by atomic mass is 19.1. The van der Waals surface area contributed by atoms with Gasteiger partial charge in [0.1, 0.15) is 17.2 Å². The van der Waals surface area contributed by atoms with Crippen LogP contribution in [0.25, 0.3) is 16.8 Å². The second-order valence-electron chi connectivity index (χ2n) is 11.8. The molecule has 4 aromatic rings. The van der Waals surface area contributed by atoms with E-state index < -0.39 is 5.82 Å². The van der Waals surface area contributed by atoms with Gasteiger partial charge in [-0.25, -0.2) is 9.37 Å². The highest BCUT2D eigenvalue weighted by Gasteiger charge is 2.31. The molecule has 1 aromatic carbocycles. The van der Waals surface area contributed by atoms with Gasteiger partial charge in [-0.1, -0.05) is 0 Å². The number of ketones is 1. The number of benzene rings is 1. The molecule has 0 spiro atoms. The topological polar surface area (TPSA) is 98.1 Å². The molecule has 4 heterocycles. The zero-order valence-corrected chi connectivity index (χ0v) is 25.1. The van der Waals surface area contributed by atoms with Gasteiger partial charge in [0.05, 0.1) is 24.5 Å². The normalized spacial score (nSPS) is 16.2. The summed E-state index contributed by atoms with van der Waals surface area (Å²) in [5.41, 5.74) is 4.12. The number of carbonyl (C=O) groups excluding carboxylic acids is 2. The molecule has 0 unspecified atom stereocenters. The Balaban J connectivity index is 1.26. The quantitative estimate of drug-likeness (QED) is 0.240. The number of halogens is 1. The highest BCUT2D eigenvalue weighted by molar-refractivity contribution is 5.98. The number of Topliss-reactive ketones (excluding diaryl/α,β-unsaturated/α-hetero) is 1. The summed E-state index contributed by atoms with van der Waals surface area (Å²) in [7, 11) is 3.72. The molecule has 1 fully saturated rings. The first kappa shape index (κ1) is 30.5. The molecule has 1 amide bonds. The maximum Gasteiger partial charge on any atom is 0.251 e. The number of hydrogen-bond donors (Lipinski definition) is 1. The molecule has 10 heteroatoms. The number of methoxy groups -OCH3 is 1. The number of amides is 1. The lowest BCUT2D eigenvalue weighted by molar-refractivity contribution is -0.0138. The van der Waals surface area contributed by atoms with Gasteiger partial charge in [-0.3, -0.25) is 23.9 Å². The Labute approximate surface area is 251 Å². The minimum absolute atomic E-state index is 0.0518. The van der Waals surface area contributed by atoms with Crippen molar-refractivity contribution in [3.05, 3.63) is 89.4 Å². The number of fused-ring (bicyclic) bond motifs is 1. The van der Waals surface area contributed by atoms with Crippen molar-refractivity contribution in [3.63, 3.8) is 0 Å². The Kier molecular flexibility index (Phi) is 9.29. The van der Waals surface area contributed by atoms with Crippen LogP contribution in [0.3, 0.4) is 0 Å². The molecule has 43 heavy (non-hydrogen) atoms. The second kappa shape index (κ2) is 13.1. The summed E-state index contributed by atoms with van der Waals surface area (Å²) >= 11 is 0. The van der Waals surface area contributed by atoms with E-state index in [0.29, 0.717) is 30.1 Å². The summed E-state index contributed by atoms with van der Waals surface area (Å²) in [6.45, 7) is 6.65. The Morgan fingerprint density at radius 3 is 2.77 bits per heavy atom. The number of aromatic nitrogens is 3. The predicted molar refractivity (Wildman–Crippen MR) is 162 cm³/mol. The van der Waals surface area contributed by atoms with Crippen molar-refractivity contribution < 1.29 is 23.5 Å². The average molecular weight is 588 g/mol. The molecule has 1 aliphatic rings. The van der Waals surface area contributed by atoms with E-state index in [2.05, 4.69) is 26.3 Å². The highest BCUT2D eigenvalue weighted by Crippen LogP contribution is 2.29. The Morgan fingerprint density at radius 2 is 2.00 bits per heavy atom. The first-order valence-corrected chi connectivity index (χ1v) is 14.5. The van der Waals surface area contributed by atoms with E-state index in [0.717, 1.165) is 42.6 Å². The van der Waals surface area contributed by atoms with Crippen LogP contribution in [-0.4, -0.2) is 76.5 Å². The van der Waals surface area contributed by atoms with Gasteiger partial charge in [-0.05, 0) is 86.8 Å². The van der Waals surface area contributed by atoms with E-state index in [9.17, 15) is 14.0 Å². The molecule has 1 atom stereocenters. The maximum absolute atomic E-state index is 14.7. The molecule has 1 aliphatic heterocycles. The van der Waals surface area contributed by atoms with Crippen LogP contribution in [0.2, 0.25) is 0 Å². The molecular weight excluding hydrogens is 549 g/mol. The predicted octanol–water partition coefficient (Wildman–Crippen LogP) is 4.73. The summed E-state index contributed by atoms with van der Waals surface area (Å²) in [6, 6.07) is 9.98. The van der Waals surface area contributed by atoms with E-state index in [1.54, 1.807) is 23.9 Å². The molecule has 0 saturated carbocycles. The fourth-order valence-electron chi connectivity index (χ4n) is 5.38. The molecule has 0 bridgehead atoms. The van der Waals surface area contributed by atoms with Gasteiger partial charge in [-0.2, -0.15) is 0 Å². The Morgan fingerprint density at radius 1 is 1.16 bits per heavy atom. The lowest BCUT2D eigenvalue weighted by atomic mass is 10.0. The van der Waals surface area contributed by atoms with E-state index in [-0.39, 0.29) is 35.4 Å². The number of rotatable bonds is 12. The minimum Gasteiger partial charge on any atom is -0.383 e. The number of nitrogens with zero attached hydrogens (tertiary/aromatic N) is 4. The van der Waals surface area contributed by atoms with Crippen LogP contribution in [0.15, 0.2) is 61.2 Å². The first-order valence-electron chi connectivity index (χ1n) is 14.5. The molecule has 226 valence electrons. The number of nitrogens with one attached hydrogen (secondary N) is 1. The third-order valence-corrected chi connectivity index (χ3v) is 7.76. The third-order valence-electron chi connectivity index (χ3n) is 7.76. The first-order chi connectivity index (χ1) is 20.6. The van der Waals surface area contributed by atoms with Crippen molar-refractivity contribution in [2.75, 3.05) is 33.9 Å². The van der Waals surface area contributed by atoms with Crippen molar-refractivity contribution in [3.8, 4) is 11.1 Å². The van der Waals surface area contributed by atoms with Gasteiger partial charge in [0.15, 0.2) is 5.78 Å². The summed E-state index contributed by atoms with van der Waals surface area (Å²) in [5.74, 6) is -1.17. The van der Waals surface area contributed by atoms with Crippen LogP contribution >= 0.6 is 0 Å². The number of pyridine rings is 2. The van der Waals surface area contributed by atoms with Crippen LogP contribution < -0.4 is 5.32 Å². The molecule has 3 aromatic heterocycles. The number of hydrogen-bond acceptors (Lipinski definition) is 7. The van der Waals surface area contributed by atoms with Gasteiger partial charge < -0.3 is 14.8 Å². The summed E-state index contributed by atoms with van der Waals surface area (Å²) in [5, 5.41) is 2.87. The van der Waals surface area contributed by atoms with Gasteiger partial charge in [-0.15, -0.1) is 0 Å². The zero-order chi connectivity index (χ0) is 30.6. The molecule has 0 aliphatic carbocycles. The standard InChI is InChI=1S/C33H38FN5O4/c1-33(2)9-7-27(43-33)19-37-32(41)24-5-6-28(34)25(14-24)15-30(40)29-20-36-31-16-23(8-10-39(29)31)26-13-22(17-35-18-26)21-38(3)11-12-42-4/h5-6,8,10,13-14,16-18,20,27H,7,9,11-12,15,19,21H2,1-4H3,(H,37,41)/t27-/m1/s1. The molecule has 9 nitrogen and oxygen atoms in total. The van der Waals surface area contributed by atoms with E-state index in [1.807, 2.05) is 39.2 Å². The lowest BCUT2D eigenvalue weighted by Gasteiger charge is -2.19. The van der Waals surface area contributed by atoms with Gasteiger partial charge >= 0.3 is 0 Å². The summed E-state index contributed by atoms with van der Waals surface area (Å²) in [6.07, 6.45) is 8.47. The largest absolute Gasteiger partial charge is 0.383 e. The monoisotopic (exact) mass is 587 g/mol. The molecule has 0 radical (unpaired) electrons. The zero-order valence-electron chi connectivity index (χ0n) is 25.1. The smallest absolute Gasteiger partial charge is 0.251 e. The van der Waals surface area contributed by atoms with Crippen LogP contribution in [0.5, 0.6) is 0 Å². The molecular formula is C33H38FN5O4. The van der Waals surface area contributed by atoms with Gasteiger partial charge in [0.2, 0.25) is 0 Å². The van der Waals surface area contributed by atoms with Gasteiger partial charge in [0.25, 0.3) is 5.91 Å². The SMILES string of the molecule is COCCN(C)Cc1cncc(-c2ccn3c(C(=O)Cc4cc(C(=O)NC[C@H]5CCC(C)(C)O5)ccc4F)cnc3c2)c1. The molecule has 1 saturated heterocycles. The number of ether oxygens (including phenoxy) is 2. The van der Waals surface area contributed by atoms with Crippen molar-refractivity contribution >= 4 is 17.3 Å². The second-order valence-corrected chi connectivity index (χ2v) is 11.8. The van der Waals surface area contributed by atoms with Gasteiger partial charge in [0, 0.05) is 62.9 Å². The lowest BCUT2D eigenvalue weighted by Crippen LogP contribution is -2.33. The Bertz CT molecular complexity index is 1620. The minimum atomic E-state index is -0.540. The number of likely N-dealkylation sites (N-methyl/N-ethyl adjacent to an activating group) is 1. The van der Waals surface area contributed by atoms with E-state index in [4.69, 9.17) is 9.47 Å². The van der Waals surface area contributed by atoms with Crippen molar-refractivity contribution in [2.24, 2.45) is 0 Å². The maximum atomic E-state index is 14.7. The average Bonchev–Trinajstić information content (AvgIpc) is 3.58. The number of carbonyl (C=O) groups is 2. The fraction of sp³-hybridized carbons (Fsp3) is 0.394. The van der Waals surface area contributed by atoms with Crippen molar-refractivity contribution in [2.45, 2.75) is 51.4 Å². The van der Waals surface area contributed by atoms with E-state index in [1.165, 1.54) is 24.4 Å². The van der Waals surface area contributed by atoms with Crippen LogP contribution in [-0.2, 0) is 22.4 Å². The summed E-state index contributed by atoms with van der Waals surface area (Å²) < 4.78 is 27.5. The fourth-order valence-corrected chi connectivity index (χ4v) is 5.38. The summed E-state index contributed by atoms with van der Waals surface area (Å²) in [4.78, 5) is 37.1. The van der Waals surface area contributed by atoms with Crippen LogP contribution in [0.4, 0.5) is 4.39 Å². The molecule has 1 N–H and O–H groups in total. The van der Waals surface area contributed by atoms with Crippen LogP contribution in [0, 0.1) is 5.82 Å². The third kappa shape index (κ3) is 7.51. The van der Waals surface area contributed by atoms with Crippen LogP contribution in [0.1, 0.15) is 58.7 Å². The molecule has 5 rings (SSSR count). The van der Waals surface area contributed by atoms with Crippen molar-refractivity contribution in [1.82, 2.24) is 24.6 Å². The Hall–Kier alpha value is -3.99.